The van der Waals surface area contributed by atoms with Crippen molar-refractivity contribution in [3.05, 3.63) is 0 Å². The fraction of sp³-hybridized carbons (Fsp3) is 0.750. The van der Waals surface area contributed by atoms with Crippen molar-refractivity contribution in [3.63, 3.8) is 0 Å². The Bertz CT molecular complexity index is 78.2. The average Bonchev–Trinajstić information content (AvgIpc) is 1.83. The largest absolute Gasteiger partial charge is 0.461 e. The Morgan fingerprint density at radius 2 is 2.22 bits per heavy atom. The molecule has 3 nitrogen and oxygen atoms in total. The van der Waals surface area contributed by atoms with Crippen molar-refractivity contribution < 1.29 is 41.4 Å². The zero-order valence-corrected chi connectivity index (χ0v) is 6.05. The molecule has 5 heteroatoms. The molecule has 1 radical (unpaired) electrons. The van der Waals surface area contributed by atoms with Crippen LogP contribution in [0.4, 0.5) is 4.39 Å². The van der Waals surface area contributed by atoms with Gasteiger partial charge in [0.15, 0.2) is 6.67 Å². The van der Waals surface area contributed by atoms with Crippen LogP contribution in [-0.2, 0) is 31.9 Å². The summed E-state index contributed by atoms with van der Waals surface area (Å²) in [5.74, 6) is -0.931. The molecule has 59 valence electrons. The summed E-state index contributed by atoms with van der Waals surface area (Å²) in [5, 5.41) is 8.01. The van der Waals surface area contributed by atoms with E-state index in [1.54, 1.807) is 0 Å². The first-order chi connectivity index (χ1) is 3.81. The zero-order valence-electron chi connectivity index (χ0n) is 4.56. The Morgan fingerprint density at radius 3 is 2.56 bits per heavy atom. The van der Waals surface area contributed by atoms with Crippen molar-refractivity contribution in [1.29, 1.82) is 0 Å². The molecule has 0 spiro atoms. The van der Waals surface area contributed by atoms with Gasteiger partial charge in [-0.3, -0.25) is 0 Å². The molecule has 0 unspecified atom stereocenters. The Hall–Kier alpha value is 0.100. The molecule has 0 rings (SSSR count). The van der Waals surface area contributed by atoms with Gasteiger partial charge in [0.2, 0.25) is 0 Å². The Labute approximate surface area is 67.7 Å². The van der Waals surface area contributed by atoms with Crippen molar-refractivity contribution in [2.24, 2.45) is 0 Å². The fourth-order valence-corrected chi connectivity index (χ4v) is 0.198. The number of ether oxygens (including phenoxy) is 1. The van der Waals surface area contributed by atoms with Crippen LogP contribution >= 0.6 is 0 Å². The predicted molar refractivity (Wildman–Crippen MR) is 24.0 cm³/mol. The van der Waals surface area contributed by atoms with Crippen molar-refractivity contribution in [2.75, 3.05) is 19.9 Å². The summed E-state index contributed by atoms with van der Waals surface area (Å²) in [6, 6.07) is 0. The molecule has 0 aromatic rings. The Morgan fingerprint density at radius 1 is 1.67 bits per heavy atom. The van der Waals surface area contributed by atoms with Crippen LogP contribution in [-0.4, -0.2) is 31.0 Å². The second-order valence-electron chi connectivity index (χ2n) is 1.08. The number of halogens is 1. The van der Waals surface area contributed by atoms with E-state index in [0.717, 1.165) is 0 Å². The Kier molecular flexibility index (Phi) is 10.7. The summed E-state index contributed by atoms with van der Waals surface area (Å²) in [4.78, 5) is 9.86. The van der Waals surface area contributed by atoms with E-state index >= 15 is 0 Å². The molecule has 0 heterocycles. The molecular formula is C4H7AgFO3. The van der Waals surface area contributed by atoms with E-state index in [4.69, 9.17) is 5.11 Å². The van der Waals surface area contributed by atoms with E-state index in [1.807, 2.05) is 0 Å². The van der Waals surface area contributed by atoms with Gasteiger partial charge in [0, 0.05) is 22.4 Å². The van der Waals surface area contributed by atoms with E-state index in [0.29, 0.717) is 0 Å². The summed E-state index contributed by atoms with van der Waals surface area (Å²) in [6.07, 6.45) is 0. The first-order valence-corrected chi connectivity index (χ1v) is 2.13. The van der Waals surface area contributed by atoms with Gasteiger partial charge in [-0.05, 0) is 0 Å². The first kappa shape index (κ1) is 11.8. The summed E-state index contributed by atoms with van der Waals surface area (Å²) < 4.78 is 15.2. The molecule has 0 bridgehead atoms. The van der Waals surface area contributed by atoms with Crippen LogP contribution in [0.5, 0.6) is 0 Å². The van der Waals surface area contributed by atoms with Crippen molar-refractivity contribution in [3.8, 4) is 0 Å². The second kappa shape index (κ2) is 8.10. The van der Waals surface area contributed by atoms with Crippen LogP contribution < -0.4 is 0 Å². The number of hydrogen-bond donors (Lipinski definition) is 1. The summed E-state index contributed by atoms with van der Waals surface area (Å²) in [5.41, 5.74) is 0. The fourth-order valence-electron chi connectivity index (χ4n) is 0.198. The van der Waals surface area contributed by atoms with Crippen LogP contribution in [0.15, 0.2) is 0 Å². The van der Waals surface area contributed by atoms with Gasteiger partial charge >= 0.3 is 5.97 Å². The summed E-state index contributed by atoms with van der Waals surface area (Å²) in [7, 11) is 0. The zero-order chi connectivity index (χ0) is 6.41. The van der Waals surface area contributed by atoms with Crippen LogP contribution in [0.1, 0.15) is 0 Å². The minimum atomic E-state index is -1.12. The molecule has 0 aromatic heterocycles. The third kappa shape index (κ3) is 8.10. The van der Waals surface area contributed by atoms with Gasteiger partial charge in [-0.15, -0.1) is 0 Å². The molecule has 0 amide bonds. The van der Waals surface area contributed by atoms with Gasteiger partial charge in [-0.2, -0.15) is 0 Å². The van der Waals surface area contributed by atoms with Crippen LogP contribution in [0, 0.1) is 0 Å². The third-order valence-corrected chi connectivity index (χ3v) is 0.463. The first-order valence-electron chi connectivity index (χ1n) is 2.13. The molecule has 0 fully saturated rings. The van der Waals surface area contributed by atoms with E-state index in [-0.39, 0.29) is 35.6 Å². The molecule has 1 N–H and O–H groups in total. The maximum Gasteiger partial charge on any atom is 0.337 e. The number of carbonyl (C=O) groups is 1. The maximum atomic E-state index is 11.2. The molecule has 0 aliphatic carbocycles. The molecule has 0 saturated heterocycles. The van der Waals surface area contributed by atoms with Gasteiger partial charge in [0.1, 0.15) is 6.61 Å². The maximum absolute atomic E-state index is 11.2. The van der Waals surface area contributed by atoms with Gasteiger partial charge < -0.3 is 9.84 Å². The van der Waals surface area contributed by atoms with Gasteiger partial charge in [-0.1, -0.05) is 0 Å². The van der Waals surface area contributed by atoms with Gasteiger partial charge in [0.05, 0.1) is 6.61 Å². The normalized spacial score (nSPS) is 7.78. The number of esters is 1. The van der Waals surface area contributed by atoms with Gasteiger partial charge in [-0.25, -0.2) is 9.18 Å². The molecule has 9 heavy (non-hydrogen) atoms. The topological polar surface area (TPSA) is 46.5 Å². The number of hydrogen-bond acceptors (Lipinski definition) is 3. The monoisotopic (exact) mass is 229 g/mol. The van der Waals surface area contributed by atoms with E-state index in [2.05, 4.69) is 4.74 Å². The number of aliphatic hydroxyl groups excluding tert-OH is 1. The number of rotatable bonds is 3. The predicted octanol–water partition coefficient (Wildman–Crippen LogP) is -0.511. The summed E-state index contributed by atoms with van der Waals surface area (Å²) in [6.45, 7) is -1.51. The minimum absolute atomic E-state index is 0. The average molecular weight is 230 g/mol. The third-order valence-electron chi connectivity index (χ3n) is 0.463. The molecule has 0 aliphatic heterocycles. The van der Waals surface area contributed by atoms with Crippen LogP contribution in [0.2, 0.25) is 0 Å². The van der Waals surface area contributed by atoms with E-state index < -0.39 is 12.6 Å². The van der Waals surface area contributed by atoms with Crippen molar-refractivity contribution in [1.82, 2.24) is 0 Å². The Balaban J connectivity index is 0. The molecular weight excluding hydrogens is 223 g/mol. The smallest absolute Gasteiger partial charge is 0.337 e. The quantitative estimate of drug-likeness (QED) is 0.524. The van der Waals surface area contributed by atoms with E-state index in [9.17, 15) is 9.18 Å². The molecule has 0 aromatic carbocycles. The molecule has 0 aliphatic rings. The molecule has 0 atom stereocenters. The second-order valence-corrected chi connectivity index (χ2v) is 1.08. The van der Waals surface area contributed by atoms with Crippen molar-refractivity contribution >= 4 is 5.97 Å². The van der Waals surface area contributed by atoms with Gasteiger partial charge in [0.25, 0.3) is 0 Å². The SMILES string of the molecule is O=C(CF)OCCO.[Ag]. The van der Waals surface area contributed by atoms with Crippen LogP contribution in [0.3, 0.4) is 0 Å². The molecule has 0 saturated carbocycles. The summed E-state index contributed by atoms with van der Waals surface area (Å²) >= 11 is 0. The minimum Gasteiger partial charge on any atom is -0.461 e. The number of alkyl halides is 1. The standard InChI is InChI=1S/C4H7FO3.Ag/c5-3-4(7)8-2-1-6;/h6H,1-3H2;. The van der Waals surface area contributed by atoms with E-state index in [1.165, 1.54) is 0 Å². The van der Waals surface area contributed by atoms with Crippen LogP contribution in [0.25, 0.3) is 0 Å². The number of carbonyl (C=O) groups excluding carboxylic acids is 1. The van der Waals surface area contributed by atoms with Crippen molar-refractivity contribution in [2.45, 2.75) is 0 Å². The number of aliphatic hydroxyl groups is 1.